The molecule has 0 saturated carbocycles. The number of hydrogen-bond acceptors (Lipinski definition) is 4. The van der Waals surface area contributed by atoms with Gasteiger partial charge in [0.1, 0.15) is 5.82 Å². The number of hydrogen-bond donors (Lipinski definition) is 2. The number of amides is 1. The molecule has 1 heterocycles. The highest BCUT2D eigenvalue weighted by molar-refractivity contribution is 7.88. The first kappa shape index (κ1) is 27.5. The van der Waals surface area contributed by atoms with Gasteiger partial charge in [0, 0.05) is 28.8 Å². The van der Waals surface area contributed by atoms with Crippen molar-refractivity contribution in [2.75, 3.05) is 7.05 Å². The molecule has 0 aliphatic rings. The number of aromatic nitrogens is 1. The van der Waals surface area contributed by atoms with E-state index in [0.717, 1.165) is 28.1 Å². The Kier molecular flexibility index (Phi) is 8.31. The summed E-state index contributed by atoms with van der Waals surface area (Å²) in [7, 11) is -2.32. The number of sulfonamides is 1. The van der Waals surface area contributed by atoms with Crippen molar-refractivity contribution in [3.05, 3.63) is 88.4 Å². The first-order valence-corrected chi connectivity index (χ1v) is 13.5. The Morgan fingerprint density at radius 3 is 2.36 bits per heavy atom. The number of pyridine rings is 1. The van der Waals surface area contributed by atoms with Gasteiger partial charge in [0.2, 0.25) is 15.9 Å². The largest absolute Gasteiger partial charge is 0.351 e. The minimum atomic E-state index is -3.60. The molecule has 0 fully saturated rings. The van der Waals surface area contributed by atoms with E-state index in [1.54, 1.807) is 13.0 Å². The maximum absolute atomic E-state index is 14.6. The Balaban J connectivity index is 1.81. The van der Waals surface area contributed by atoms with Gasteiger partial charge in [-0.2, -0.15) is 0 Å². The van der Waals surface area contributed by atoms with Crippen LogP contribution in [0.3, 0.4) is 0 Å². The lowest BCUT2D eigenvalue weighted by Gasteiger charge is -2.21. The van der Waals surface area contributed by atoms with Crippen molar-refractivity contribution < 1.29 is 17.6 Å². The first-order valence-electron chi connectivity index (χ1n) is 11.9. The zero-order valence-corrected chi connectivity index (χ0v) is 22.5. The van der Waals surface area contributed by atoms with E-state index in [1.165, 1.54) is 19.2 Å². The van der Waals surface area contributed by atoms with Crippen LogP contribution in [0.25, 0.3) is 11.3 Å². The highest BCUT2D eigenvalue weighted by Gasteiger charge is 2.21. The lowest BCUT2D eigenvalue weighted by Crippen LogP contribution is -2.28. The molecule has 1 unspecified atom stereocenters. The molecule has 36 heavy (non-hydrogen) atoms. The van der Waals surface area contributed by atoms with E-state index in [9.17, 15) is 17.6 Å². The van der Waals surface area contributed by atoms with Crippen LogP contribution in [0.2, 0.25) is 0 Å². The molecule has 0 bridgehead atoms. The summed E-state index contributed by atoms with van der Waals surface area (Å²) in [5.41, 5.74) is 5.15. The third-order valence-electron chi connectivity index (χ3n) is 6.12. The predicted octanol–water partition coefficient (Wildman–Crippen LogP) is 4.96. The Bertz CT molecular complexity index is 1360. The smallest absolute Gasteiger partial charge is 0.227 e. The second kappa shape index (κ2) is 10.9. The average Bonchev–Trinajstić information content (AvgIpc) is 2.82. The lowest BCUT2D eigenvalue weighted by molar-refractivity contribution is -0.122. The molecule has 0 saturated heterocycles. The second-order valence-corrected chi connectivity index (χ2v) is 12.0. The summed E-state index contributed by atoms with van der Waals surface area (Å²) in [6.07, 6.45) is 0. The van der Waals surface area contributed by atoms with Gasteiger partial charge >= 0.3 is 0 Å². The number of benzene rings is 2. The Hall–Kier alpha value is -3.10. The molecule has 0 aliphatic carbocycles. The van der Waals surface area contributed by atoms with Crippen molar-refractivity contribution in [3.8, 4) is 11.3 Å². The van der Waals surface area contributed by atoms with Crippen molar-refractivity contribution in [3.63, 3.8) is 0 Å². The number of nitrogens with one attached hydrogen (secondary N) is 2. The molecule has 8 heteroatoms. The number of carbonyl (C=O) groups is 1. The molecule has 0 aliphatic heterocycles. The Labute approximate surface area is 213 Å². The molecule has 6 nitrogen and oxygen atoms in total. The van der Waals surface area contributed by atoms with Gasteiger partial charge in [0.05, 0.1) is 17.4 Å². The molecule has 3 rings (SSSR count). The Morgan fingerprint density at radius 2 is 1.75 bits per heavy atom. The summed E-state index contributed by atoms with van der Waals surface area (Å²) >= 11 is 0. The van der Waals surface area contributed by atoms with Gasteiger partial charge in [-0.05, 0) is 50.2 Å². The summed E-state index contributed by atoms with van der Waals surface area (Å²) in [5.74, 6) is -2.01. The van der Waals surface area contributed by atoms with Crippen LogP contribution in [0.5, 0.6) is 0 Å². The minimum absolute atomic E-state index is 0.0496. The molecule has 2 aromatic carbocycles. The van der Waals surface area contributed by atoms with E-state index in [4.69, 9.17) is 4.98 Å². The van der Waals surface area contributed by atoms with Gasteiger partial charge in [-0.15, -0.1) is 0 Å². The van der Waals surface area contributed by atoms with Gasteiger partial charge in [-0.3, -0.25) is 9.78 Å². The van der Waals surface area contributed by atoms with Crippen molar-refractivity contribution in [2.24, 2.45) is 0 Å². The summed E-state index contributed by atoms with van der Waals surface area (Å²) < 4.78 is 40.2. The van der Waals surface area contributed by atoms with Crippen LogP contribution < -0.4 is 10.0 Å². The van der Waals surface area contributed by atoms with Gasteiger partial charge in [0.25, 0.3) is 0 Å². The maximum Gasteiger partial charge on any atom is 0.227 e. The molecule has 3 aromatic rings. The number of halogens is 1. The fourth-order valence-electron chi connectivity index (χ4n) is 3.80. The van der Waals surface area contributed by atoms with Crippen LogP contribution in [0.15, 0.2) is 54.6 Å². The SMILES string of the molecule is CNS(=O)(=O)Cc1ccc(C(C)C(=O)NCc2ccc(C(C)(C)C)nc2-c2cccc(C)c2)cc1F. The molecular weight excluding hydrogens is 477 g/mol. The van der Waals surface area contributed by atoms with Gasteiger partial charge in [0.15, 0.2) is 0 Å². The molecule has 0 radical (unpaired) electrons. The Morgan fingerprint density at radius 1 is 1.06 bits per heavy atom. The molecule has 1 atom stereocenters. The normalized spacial score (nSPS) is 12.9. The number of nitrogens with zero attached hydrogens (tertiary/aromatic N) is 1. The zero-order valence-electron chi connectivity index (χ0n) is 21.6. The second-order valence-electron chi connectivity index (χ2n) is 10.1. The quantitative estimate of drug-likeness (QED) is 0.447. The summed E-state index contributed by atoms with van der Waals surface area (Å²) in [4.78, 5) is 17.9. The van der Waals surface area contributed by atoms with Gasteiger partial charge in [-0.25, -0.2) is 17.5 Å². The number of aryl methyl sites for hydroxylation is 1. The summed E-state index contributed by atoms with van der Waals surface area (Å²) in [5, 5.41) is 2.95. The monoisotopic (exact) mass is 511 g/mol. The summed E-state index contributed by atoms with van der Waals surface area (Å²) in [6, 6.07) is 16.3. The molecule has 1 aromatic heterocycles. The van der Waals surface area contributed by atoms with E-state index in [2.05, 4.69) is 36.9 Å². The molecule has 1 amide bonds. The van der Waals surface area contributed by atoms with Crippen LogP contribution >= 0.6 is 0 Å². The zero-order chi connectivity index (χ0) is 26.7. The van der Waals surface area contributed by atoms with Crippen LogP contribution in [-0.2, 0) is 32.5 Å². The topological polar surface area (TPSA) is 88.2 Å². The van der Waals surface area contributed by atoms with Crippen LogP contribution in [0.4, 0.5) is 4.39 Å². The number of rotatable bonds is 8. The van der Waals surface area contributed by atoms with E-state index >= 15 is 0 Å². The van der Waals surface area contributed by atoms with E-state index in [1.807, 2.05) is 37.3 Å². The fourth-order valence-corrected chi connectivity index (χ4v) is 4.59. The predicted molar refractivity (Wildman–Crippen MR) is 141 cm³/mol. The fraction of sp³-hybridized carbons (Fsp3) is 0.357. The molecule has 2 N–H and O–H groups in total. The van der Waals surface area contributed by atoms with E-state index < -0.39 is 27.5 Å². The minimum Gasteiger partial charge on any atom is -0.351 e. The maximum atomic E-state index is 14.6. The lowest BCUT2D eigenvalue weighted by atomic mass is 9.90. The van der Waals surface area contributed by atoms with E-state index in [0.29, 0.717) is 5.56 Å². The van der Waals surface area contributed by atoms with Crippen LogP contribution in [0, 0.1) is 12.7 Å². The average molecular weight is 512 g/mol. The van der Waals surface area contributed by atoms with Crippen molar-refractivity contribution in [2.45, 2.75) is 58.2 Å². The van der Waals surface area contributed by atoms with Crippen LogP contribution in [0.1, 0.15) is 61.6 Å². The van der Waals surface area contributed by atoms with E-state index in [-0.39, 0.29) is 23.4 Å². The van der Waals surface area contributed by atoms with Crippen molar-refractivity contribution in [1.82, 2.24) is 15.0 Å². The van der Waals surface area contributed by atoms with Crippen molar-refractivity contribution in [1.29, 1.82) is 0 Å². The molecular formula is C28H34FN3O3S. The highest BCUT2D eigenvalue weighted by atomic mass is 32.2. The van der Waals surface area contributed by atoms with Crippen LogP contribution in [-0.4, -0.2) is 26.4 Å². The van der Waals surface area contributed by atoms with Crippen molar-refractivity contribution >= 4 is 15.9 Å². The first-order chi connectivity index (χ1) is 16.8. The molecule has 192 valence electrons. The third-order valence-corrected chi connectivity index (χ3v) is 7.43. The third kappa shape index (κ3) is 6.77. The number of carbonyl (C=O) groups excluding carboxylic acids is 1. The molecule has 0 spiro atoms. The highest BCUT2D eigenvalue weighted by Crippen LogP contribution is 2.28. The summed E-state index contributed by atoms with van der Waals surface area (Å²) in [6.45, 7) is 10.3. The standard InChI is InChI=1S/C28H34FN3O3S/c1-18-8-7-9-21(14-18)26-22(12-13-25(32-26)28(3,4)5)16-31-27(33)19(2)20-10-11-23(24(29)15-20)17-36(34,35)30-6/h7-15,19,30H,16-17H2,1-6H3,(H,31,33). The van der Waals surface area contributed by atoms with Gasteiger partial charge in [-0.1, -0.05) is 62.7 Å². The van der Waals surface area contributed by atoms with Gasteiger partial charge < -0.3 is 5.32 Å².